The Morgan fingerprint density at radius 2 is 2.05 bits per heavy atom. The van der Waals surface area contributed by atoms with Crippen LogP contribution in [0.3, 0.4) is 0 Å². The van der Waals surface area contributed by atoms with Gasteiger partial charge in [0.25, 0.3) is 5.91 Å². The number of aliphatic hydroxyl groups excluding tert-OH is 1. The molecule has 0 aliphatic carbocycles. The molecular formula is C17H18N2O2. The minimum atomic E-state index is -0.689. The predicted molar refractivity (Wildman–Crippen MR) is 82.4 cm³/mol. The summed E-state index contributed by atoms with van der Waals surface area (Å²) in [6.45, 7) is 1.13. The first-order valence-corrected chi connectivity index (χ1v) is 7.12. The molecule has 0 aromatic heterocycles. The van der Waals surface area contributed by atoms with Gasteiger partial charge in [-0.15, -0.1) is 0 Å². The predicted octanol–water partition coefficient (Wildman–Crippen LogP) is 2.12. The SMILES string of the molecule is O=C(NCC(O)c1ccccc1)c1ccc2c(c1)CCN2. The van der Waals surface area contributed by atoms with E-state index in [0.717, 1.165) is 24.2 Å². The molecule has 2 aromatic carbocycles. The molecule has 0 radical (unpaired) electrons. The lowest BCUT2D eigenvalue weighted by molar-refractivity contribution is 0.0916. The topological polar surface area (TPSA) is 61.4 Å². The molecule has 0 spiro atoms. The van der Waals surface area contributed by atoms with E-state index in [9.17, 15) is 9.90 Å². The van der Waals surface area contributed by atoms with Crippen LogP contribution in [0.1, 0.15) is 27.6 Å². The van der Waals surface area contributed by atoms with Gasteiger partial charge in [0.1, 0.15) is 0 Å². The van der Waals surface area contributed by atoms with Gasteiger partial charge >= 0.3 is 0 Å². The van der Waals surface area contributed by atoms with Gasteiger partial charge < -0.3 is 15.7 Å². The summed E-state index contributed by atoms with van der Waals surface area (Å²) in [6, 6.07) is 15.0. The van der Waals surface area contributed by atoms with Crippen molar-refractivity contribution in [1.29, 1.82) is 0 Å². The van der Waals surface area contributed by atoms with E-state index in [1.165, 1.54) is 5.56 Å². The Morgan fingerprint density at radius 3 is 2.86 bits per heavy atom. The summed E-state index contributed by atoms with van der Waals surface area (Å²) in [6.07, 6.45) is 0.259. The zero-order valence-corrected chi connectivity index (χ0v) is 11.7. The quantitative estimate of drug-likeness (QED) is 0.805. The number of amides is 1. The Balaban J connectivity index is 1.62. The van der Waals surface area contributed by atoms with Crippen LogP contribution in [0.15, 0.2) is 48.5 Å². The van der Waals surface area contributed by atoms with Crippen LogP contribution in [0.25, 0.3) is 0 Å². The Morgan fingerprint density at radius 1 is 1.24 bits per heavy atom. The summed E-state index contributed by atoms with van der Waals surface area (Å²) in [7, 11) is 0. The molecule has 1 heterocycles. The van der Waals surface area contributed by atoms with E-state index in [1.807, 2.05) is 42.5 Å². The molecule has 1 amide bonds. The van der Waals surface area contributed by atoms with Crippen LogP contribution in [0.5, 0.6) is 0 Å². The van der Waals surface area contributed by atoms with Gasteiger partial charge in [-0.25, -0.2) is 0 Å². The highest BCUT2D eigenvalue weighted by Crippen LogP contribution is 2.23. The number of hydrogen-bond donors (Lipinski definition) is 3. The first kappa shape index (κ1) is 13.6. The fourth-order valence-electron chi connectivity index (χ4n) is 2.53. The lowest BCUT2D eigenvalue weighted by Gasteiger charge is -2.12. The van der Waals surface area contributed by atoms with Crippen molar-refractivity contribution >= 4 is 11.6 Å². The molecule has 1 aliphatic rings. The second-order valence-electron chi connectivity index (χ2n) is 5.19. The van der Waals surface area contributed by atoms with Crippen molar-refractivity contribution in [2.45, 2.75) is 12.5 Å². The summed E-state index contributed by atoms with van der Waals surface area (Å²) in [4.78, 5) is 12.1. The third kappa shape index (κ3) is 3.06. The molecule has 0 bridgehead atoms. The van der Waals surface area contributed by atoms with Crippen molar-refractivity contribution in [3.05, 3.63) is 65.2 Å². The number of carbonyl (C=O) groups is 1. The number of rotatable bonds is 4. The fourth-order valence-corrected chi connectivity index (χ4v) is 2.53. The number of carbonyl (C=O) groups excluding carboxylic acids is 1. The third-order valence-electron chi connectivity index (χ3n) is 3.72. The Bertz CT molecular complexity index is 640. The van der Waals surface area contributed by atoms with Gasteiger partial charge in [-0.05, 0) is 35.7 Å². The van der Waals surface area contributed by atoms with E-state index < -0.39 is 6.10 Å². The zero-order valence-electron chi connectivity index (χ0n) is 11.7. The second-order valence-corrected chi connectivity index (χ2v) is 5.19. The number of hydrogen-bond acceptors (Lipinski definition) is 3. The number of aliphatic hydroxyl groups is 1. The van der Waals surface area contributed by atoms with Crippen LogP contribution in [-0.4, -0.2) is 24.1 Å². The van der Waals surface area contributed by atoms with Crippen LogP contribution in [0.4, 0.5) is 5.69 Å². The largest absolute Gasteiger partial charge is 0.387 e. The van der Waals surface area contributed by atoms with Gasteiger partial charge in [-0.3, -0.25) is 4.79 Å². The molecule has 4 nitrogen and oxygen atoms in total. The van der Waals surface area contributed by atoms with Gasteiger partial charge in [0, 0.05) is 24.3 Å². The van der Waals surface area contributed by atoms with Gasteiger partial charge in [-0.2, -0.15) is 0 Å². The fraction of sp³-hybridized carbons (Fsp3) is 0.235. The molecule has 1 unspecified atom stereocenters. The molecular weight excluding hydrogens is 264 g/mol. The van der Waals surface area contributed by atoms with Crippen molar-refractivity contribution < 1.29 is 9.90 Å². The monoisotopic (exact) mass is 282 g/mol. The third-order valence-corrected chi connectivity index (χ3v) is 3.72. The van der Waals surface area contributed by atoms with E-state index in [1.54, 1.807) is 6.07 Å². The number of fused-ring (bicyclic) bond motifs is 1. The average molecular weight is 282 g/mol. The maximum absolute atomic E-state index is 12.1. The molecule has 0 saturated heterocycles. The van der Waals surface area contributed by atoms with Gasteiger partial charge in [-0.1, -0.05) is 30.3 Å². The molecule has 3 rings (SSSR count). The van der Waals surface area contributed by atoms with Crippen molar-refractivity contribution in [1.82, 2.24) is 5.32 Å². The minimum absolute atomic E-state index is 0.153. The van der Waals surface area contributed by atoms with Gasteiger partial charge in [0.05, 0.1) is 6.10 Å². The smallest absolute Gasteiger partial charge is 0.251 e. The van der Waals surface area contributed by atoms with Crippen molar-refractivity contribution in [2.24, 2.45) is 0 Å². The molecule has 0 saturated carbocycles. The first-order chi connectivity index (χ1) is 10.2. The highest BCUT2D eigenvalue weighted by molar-refractivity contribution is 5.95. The maximum Gasteiger partial charge on any atom is 0.251 e. The number of nitrogens with one attached hydrogen (secondary N) is 2. The highest BCUT2D eigenvalue weighted by atomic mass is 16.3. The summed E-state index contributed by atoms with van der Waals surface area (Å²) in [5, 5.41) is 16.1. The van der Waals surface area contributed by atoms with E-state index >= 15 is 0 Å². The zero-order chi connectivity index (χ0) is 14.7. The Labute approximate surface area is 123 Å². The van der Waals surface area contributed by atoms with Crippen LogP contribution >= 0.6 is 0 Å². The minimum Gasteiger partial charge on any atom is -0.387 e. The van der Waals surface area contributed by atoms with Crippen LogP contribution in [-0.2, 0) is 6.42 Å². The van der Waals surface area contributed by atoms with E-state index in [2.05, 4.69) is 10.6 Å². The highest BCUT2D eigenvalue weighted by Gasteiger charge is 2.14. The summed E-state index contributed by atoms with van der Waals surface area (Å²) >= 11 is 0. The van der Waals surface area contributed by atoms with Gasteiger partial charge in [0.15, 0.2) is 0 Å². The molecule has 21 heavy (non-hydrogen) atoms. The summed E-state index contributed by atoms with van der Waals surface area (Å²) in [5.74, 6) is -0.153. The molecule has 2 aromatic rings. The van der Waals surface area contributed by atoms with Gasteiger partial charge in [0.2, 0.25) is 0 Å². The lowest BCUT2D eigenvalue weighted by Crippen LogP contribution is -2.28. The first-order valence-electron chi connectivity index (χ1n) is 7.12. The Kier molecular flexibility index (Phi) is 3.88. The molecule has 1 atom stereocenters. The Hall–Kier alpha value is -2.33. The van der Waals surface area contributed by atoms with E-state index in [4.69, 9.17) is 0 Å². The summed E-state index contributed by atoms with van der Waals surface area (Å²) in [5.41, 5.74) is 3.72. The molecule has 1 aliphatic heterocycles. The second kappa shape index (κ2) is 5.97. The van der Waals surface area contributed by atoms with Crippen LogP contribution < -0.4 is 10.6 Å². The molecule has 4 heteroatoms. The molecule has 3 N–H and O–H groups in total. The standard InChI is InChI=1S/C17H18N2O2/c20-16(12-4-2-1-3-5-12)11-19-17(21)14-6-7-15-13(10-14)8-9-18-15/h1-7,10,16,18,20H,8-9,11H2,(H,19,21). The van der Waals surface area contributed by atoms with Crippen molar-refractivity contribution in [3.8, 4) is 0 Å². The van der Waals surface area contributed by atoms with E-state index in [0.29, 0.717) is 5.56 Å². The molecule has 108 valence electrons. The normalized spacial score (nSPS) is 14.1. The van der Waals surface area contributed by atoms with Crippen molar-refractivity contribution in [3.63, 3.8) is 0 Å². The maximum atomic E-state index is 12.1. The molecule has 0 fully saturated rings. The van der Waals surface area contributed by atoms with Crippen molar-refractivity contribution in [2.75, 3.05) is 18.4 Å². The average Bonchev–Trinajstić information content (AvgIpc) is 3.00. The lowest BCUT2D eigenvalue weighted by atomic mass is 10.1. The number of benzene rings is 2. The van der Waals surface area contributed by atoms with E-state index in [-0.39, 0.29) is 12.5 Å². The summed E-state index contributed by atoms with van der Waals surface area (Å²) < 4.78 is 0. The van der Waals surface area contributed by atoms with Crippen LogP contribution in [0.2, 0.25) is 0 Å². The van der Waals surface area contributed by atoms with Crippen LogP contribution in [0, 0.1) is 0 Å². The number of anilines is 1.